The molecule has 3 aromatic carbocycles. The molecule has 2 heterocycles. The fraction of sp³-hybridized carbons (Fsp3) is 0.167. The largest absolute Gasteiger partial charge is 0.497 e. The quantitative estimate of drug-likeness (QED) is 0.333. The average molecular weight is 578 g/mol. The molecule has 41 heavy (non-hydrogen) atoms. The SMILES string of the molecule is COc1ccc([C@H]2C(C(=O)Nc3ccccc3)=C(C)N=c3s/c(=C/c4ccc(OC(F)F)cc4)c(=O)n32)c(OC)c1. The van der Waals surface area contributed by atoms with Crippen LogP contribution >= 0.6 is 11.3 Å². The van der Waals surface area contributed by atoms with Gasteiger partial charge in [-0.15, -0.1) is 0 Å². The van der Waals surface area contributed by atoms with Crippen LogP contribution in [0.4, 0.5) is 14.5 Å². The van der Waals surface area contributed by atoms with E-state index in [1.165, 1.54) is 30.9 Å². The maximum absolute atomic E-state index is 13.9. The number of carbonyl (C=O) groups excluding carboxylic acids is 1. The molecule has 0 aliphatic carbocycles. The highest BCUT2D eigenvalue weighted by Crippen LogP contribution is 2.37. The topological polar surface area (TPSA) is 91.2 Å². The number of alkyl halides is 2. The summed E-state index contributed by atoms with van der Waals surface area (Å²) in [5.74, 6) is 0.575. The number of aromatic nitrogens is 1. The van der Waals surface area contributed by atoms with Crippen LogP contribution in [0.1, 0.15) is 24.1 Å². The second kappa shape index (κ2) is 11.8. The number of fused-ring (bicyclic) bond motifs is 1. The first kappa shape index (κ1) is 27.8. The monoisotopic (exact) mass is 577 g/mol. The number of hydrogen-bond acceptors (Lipinski definition) is 7. The van der Waals surface area contributed by atoms with E-state index in [0.717, 1.165) is 11.3 Å². The van der Waals surface area contributed by atoms with Crippen LogP contribution < -0.4 is 34.4 Å². The van der Waals surface area contributed by atoms with E-state index in [9.17, 15) is 18.4 Å². The Bertz CT molecular complexity index is 1800. The Morgan fingerprint density at radius 1 is 1.02 bits per heavy atom. The average Bonchev–Trinajstić information content (AvgIpc) is 3.27. The molecule has 0 unspecified atom stereocenters. The van der Waals surface area contributed by atoms with Gasteiger partial charge in [0.1, 0.15) is 23.3 Å². The van der Waals surface area contributed by atoms with Gasteiger partial charge in [-0.05, 0) is 55.0 Å². The third-order valence-corrected chi connectivity index (χ3v) is 7.42. The number of carbonyl (C=O) groups is 1. The maximum Gasteiger partial charge on any atom is 0.387 e. The van der Waals surface area contributed by atoms with Gasteiger partial charge in [0.2, 0.25) is 0 Å². The number of ether oxygens (including phenoxy) is 3. The summed E-state index contributed by atoms with van der Waals surface area (Å²) >= 11 is 1.16. The van der Waals surface area contributed by atoms with E-state index < -0.39 is 18.6 Å². The smallest absolute Gasteiger partial charge is 0.387 e. The van der Waals surface area contributed by atoms with Crippen molar-refractivity contribution in [3.8, 4) is 17.2 Å². The first-order valence-electron chi connectivity index (χ1n) is 12.4. The lowest BCUT2D eigenvalue weighted by Gasteiger charge is -2.26. The third-order valence-electron chi connectivity index (χ3n) is 6.44. The van der Waals surface area contributed by atoms with Gasteiger partial charge in [-0.25, -0.2) is 4.99 Å². The summed E-state index contributed by atoms with van der Waals surface area (Å²) in [5, 5.41) is 2.91. The van der Waals surface area contributed by atoms with Crippen molar-refractivity contribution < 1.29 is 27.8 Å². The molecule has 0 saturated carbocycles. The number of thiazole rings is 1. The van der Waals surface area contributed by atoms with Crippen LogP contribution in [0.3, 0.4) is 0 Å². The van der Waals surface area contributed by atoms with Crippen molar-refractivity contribution in [3.63, 3.8) is 0 Å². The Hall–Kier alpha value is -4.77. The number of hydrogen-bond donors (Lipinski definition) is 1. The summed E-state index contributed by atoms with van der Waals surface area (Å²) in [4.78, 5) is 32.7. The highest BCUT2D eigenvalue weighted by atomic mass is 32.1. The molecular weight excluding hydrogens is 552 g/mol. The van der Waals surface area contributed by atoms with Crippen molar-refractivity contribution in [2.75, 3.05) is 19.5 Å². The second-order valence-corrected chi connectivity index (χ2v) is 9.97. The van der Waals surface area contributed by atoms with Crippen molar-refractivity contribution in [2.45, 2.75) is 19.6 Å². The minimum absolute atomic E-state index is 0.00917. The zero-order valence-corrected chi connectivity index (χ0v) is 23.1. The van der Waals surface area contributed by atoms with Crippen molar-refractivity contribution in [2.24, 2.45) is 4.99 Å². The van der Waals surface area contributed by atoms with Crippen LogP contribution in [0.2, 0.25) is 0 Å². The number of allylic oxidation sites excluding steroid dienone is 1. The maximum atomic E-state index is 13.9. The number of amides is 1. The standard InChI is InChI=1S/C30H25F2N3O5S/c1-17-25(27(36)34-19-7-5-4-6-8-19)26(22-14-13-21(38-2)16-23(22)39-3)35-28(37)24(41-30(35)33-17)15-18-9-11-20(12-10-18)40-29(31)32/h4-16,26,29H,1-3H3,(H,34,36)/b24-15+/t26-/m0/s1. The molecule has 210 valence electrons. The van der Waals surface area contributed by atoms with Gasteiger partial charge in [-0.1, -0.05) is 41.7 Å². The Morgan fingerprint density at radius 2 is 1.73 bits per heavy atom. The van der Waals surface area contributed by atoms with Gasteiger partial charge >= 0.3 is 6.61 Å². The van der Waals surface area contributed by atoms with E-state index in [1.54, 1.807) is 55.5 Å². The van der Waals surface area contributed by atoms with Crippen molar-refractivity contribution >= 4 is 29.0 Å². The summed E-state index contributed by atoms with van der Waals surface area (Å²) in [5.41, 5.74) is 2.12. The fourth-order valence-electron chi connectivity index (χ4n) is 4.57. The number of methoxy groups -OCH3 is 2. The van der Waals surface area contributed by atoms with E-state index in [2.05, 4.69) is 15.0 Å². The third kappa shape index (κ3) is 5.75. The molecule has 0 bridgehead atoms. The lowest BCUT2D eigenvalue weighted by atomic mass is 9.94. The van der Waals surface area contributed by atoms with Crippen molar-refractivity contribution in [3.05, 3.63) is 115 Å². The van der Waals surface area contributed by atoms with Gasteiger partial charge in [0.15, 0.2) is 4.80 Å². The minimum Gasteiger partial charge on any atom is -0.497 e. The molecule has 0 fully saturated rings. The lowest BCUT2D eigenvalue weighted by Crippen LogP contribution is -2.40. The number of benzene rings is 3. The number of rotatable bonds is 8. The fourth-order valence-corrected chi connectivity index (χ4v) is 5.61. The molecule has 1 aliphatic rings. The van der Waals surface area contributed by atoms with Gasteiger partial charge in [0, 0.05) is 17.3 Å². The molecule has 11 heteroatoms. The van der Waals surface area contributed by atoms with Crippen LogP contribution in [0, 0.1) is 0 Å². The molecule has 1 aliphatic heterocycles. The highest BCUT2D eigenvalue weighted by Gasteiger charge is 2.34. The van der Waals surface area contributed by atoms with Crippen molar-refractivity contribution in [1.29, 1.82) is 0 Å². The summed E-state index contributed by atoms with van der Waals surface area (Å²) in [7, 11) is 3.04. The van der Waals surface area contributed by atoms with Crippen LogP contribution in [-0.2, 0) is 4.79 Å². The number of para-hydroxylation sites is 1. The molecule has 1 aromatic heterocycles. The summed E-state index contributed by atoms with van der Waals surface area (Å²) in [6.45, 7) is -1.21. The van der Waals surface area contributed by atoms with Gasteiger partial charge in [-0.3, -0.25) is 14.2 Å². The molecule has 4 aromatic rings. The summed E-state index contributed by atoms with van der Waals surface area (Å²) < 4.78 is 42.3. The predicted octanol–water partition coefficient (Wildman–Crippen LogP) is 4.49. The Morgan fingerprint density at radius 3 is 2.39 bits per heavy atom. The summed E-state index contributed by atoms with van der Waals surface area (Å²) in [6, 6.07) is 19.3. The van der Waals surface area contributed by atoms with E-state index in [1.807, 2.05) is 18.2 Å². The molecule has 5 rings (SSSR count). The zero-order valence-electron chi connectivity index (χ0n) is 22.3. The summed E-state index contributed by atoms with van der Waals surface area (Å²) in [6.07, 6.45) is 1.64. The predicted molar refractivity (Wildman–Crippen MR) is 151 cm³/mol. The van der Waals surface area contributed by atoms with Crippen LogP contribution in [-0.4, -0.2) is 31.3 Å². The van der Waals surface area contributed by atoms with Gasteiger partial charge in [-0.2, -0.15) is 8.78 Å². The molecule has 0 saturated heterocycles. The number of nitrogens with one attached hydrogen (secondary N) is 1. The van der Waals surface area contributed by atoms with Gasteiger partial charge in [0.05, 0.1) is 30.0 Å². The first-order chi connectivity index (χ1) is 19.8. The van der Waals surface area contributed by atoms with Gasteiger partial charge < -0.3 is 19.5 Å². The van der Waals surface area contributed by atoms with Gasteiger partial charge in [0.25, 0.3) is 11.5 Å². The Kier molecular flexibility index (Phi) is 7.97. The van der Waals surface area contributed by atoms with E-state index in [0.29, 0.717) is 43.3 Å². The van der Waals surface area contributed by atoms with E-state index >= 15 is 0 Å². The number of halogens is 2. The Balaban J connectivity index is 1.66. The molecule has 1 atom stereocenters. The normalized spacial score (nSPS) is 14.9. The minimum atomic E-state index is -2.93. The van der Waals surface area contributed by atoms with Crippen molar-refractivity contribution in [1.82, 2.24) is 4.57 Å². The lowest BCUT2D eigenvalue weighted by molar-refractivity contribution is -0.113. The molecule has 1 N–H and O–H groups in total. The van der Waals surface area contributed by atoms with E-state index in [4.69, 9.17) is 9.47 Å². The first-order valence-corrected chi connectivity index (χ1v) is 13.3. The molecule has 8 nitrogen and oxygen atoms in total. The highest BCUT2D eigenvalue weighted by molar-refractivity contribution is 7.07. The molecule has 0 spiro atoms. The van der Waals surface area contributed by atoms with Crippen LogP contribution in [0.15, 0.2) is 93.9 Å². The number of anilines is 1. The molecule has 1 amide bonds. The molecule has 0 radical (unpaired) electrons. The number of nitrogens with zero attached hydrogens (tertiary/aromatic N) is 2. The van der Waals surface area contributed by atoms with Crippen LogP contribution in [0.5, 0.6) is 17.2 Å². The van der Waals surface area contributed by atoms with Crippen LogP contribution in [0.25, 0.3) is 6.08 Å². The second-order valence-electron chi connectivity index (χ2n) is 8.96. The Labute approximate surface area is 237 Å². The van der Waals surface area contributed by atoms with E-state index in [-0.39, 0.29) is 16.9 Å². The molecular formula is C30H25F2N3O5S. The zero-order chi connectivity index (χ0) is 29.1.